The minimum Gasteiger partial charge on any atom is -0.329 e. The smallest absolute Gasteiger partial charge is 0.329 e. The molecule has 4 rings (SSSR count). The van der Waals surface area contributed by atoms with Crippen LogP contribution in [0.5, 0.6) is 0 Å². The summed E-state index contributed by atoms with van der Waals surface area (Å²) in [5, 5.41) is 3.45. The number of hydrogen-bond acceptors (Lipinski definition) is 2. The van der Waals surface area contributed by atoms with E-state index in [-0.39, 0.29) is 35.7 Å². The lowest BCUT2D eigenvalue weighted by atomic mass is 9.72. The molecule has 0 saturated heterocycles. The van der Waals surface area contributed by atoms with Gasteiger partial charge in [0.25, 0.3) is 0 Å². The van der Waals surface area contributed by atoms with Gasteiger partial charge in [-0.2, -0.15) is 13.2 Å². The number of carbonyl (C=O) groups excluding carboxylic acids is 2. The monoisotopic (exact) mass is 453 g/mol. The number of allylic oxidation sites excluding steroid dienone is 2. The Morgan fingerprint density at radius 3 is 2.37 bits per heavy atom. The fourth-order valence-corrected chi connectivity index (χ4v) is 4.59. The first kappa shape index (κ1) is 20.9. The maximum absolute atomic E-state index is 13.6. The van der Waals surface area contributed by atoms with Crippen LogP contribution in [0.25, 0.3) is 0 Å². The zero-order chi connectivity index (χ0) is 21.6. The lowest BCUT2D eigenvalue weighted by molar-refractivity contribution is -0.138. The van der Waals surface area contributed by atoms with Crippen molar-refractivity contribution >= 4 is 34.9 Å². The summed E-state index contributed by atoms with van der Waals surface area (Å²) in [4.78, 5) is 25.4. The molecule has 2 aliphatic rings. The van der Waals surface area contributed by atoms with E-state index in [1.54, 1.807) is 18.2 Å². The van der Waals surface area contributed by atoms with Crippen LogP contribution in [0.15, 0.2) is 53.7 Å². The van der Waals surface area contributed by atoms with Gasteiger partial charge < -0.3 is 5.32 Å². The predicted molar refractivity (Wildman–Crippen MR) is 107 cm³/mol. The SMILES string of the molecule is O=C1CC(c2ccccc2C(F)(F)F)C2=C(CC(c3ccc(Cl)c(Cl)c3)CC2=O)N1. The van der Waals surface area contributed by atoms with E-state index in [1.807, 2.05) is 0 Å². The standard InChI is InChI=1S/C22H16Cl2F3NO2/c23-16-6-5-11(7-17(16)24)12-8-18-21(19(29)9-12)14(10-20(30)28-18)13-3-1-2-4-15(13)22(25,26)27/h1-7,12,14H,8-10H2,(H,28,30). The number of hydrogen-bond donors (Lipinski definition) is 1. The third kappa shape index (κ3) is 3.86. The van der Waals surface area contributed by atoms with Crippen molar-refractivity contribution in [3.8, 4) is 0 Å². The number of amides is 1. The molecule has 0 fully saturated rings. The predicted octanol–water partition coefficient (Wildman–Crippen LogP) is 6.02. The van der Waals surface area contributed by atoms with Crippen LogP contribution in [0.3, 0.4) is 0 Å². The number of nitrogens with one attached hydrogen (secondary N) is 1. The minimum atomic E-state index is -4.58. The van der Waals surface area contributed by atoms with Crippen molar-refractivity contribution in [1.29, 1.82) is 0 Å². The van der Waals surface area contributed by atoms with Gasteiger partial charge in [-0.1, -0.05) is 47.5 Å². The average Bonchev–Trinajstić information content (AvgIpc) is 2.68. The van der Waals surface area contributed by atoms with Gasteiger partial charge in [-0.05, 0) is 41.7 Å². The van der Waals surface area contributed by atoms with Crippen LogP contribution in [0.1, 0.15) is 47.8 Å². The number of ketones is 1. The van der Waals surface area contributed by atoms with Crippen LogP contribution >= 0.6 is 23.2 Å². The molecule has 0 aromatic heterocycles. The zero-order valence-electron chi connectivity index (χ0n) is 15.5. The quantitative estimate of drug-likeness (QED) is 0.604. The van der Waals surface area contributed by atoms with Crippen LogP contribution in [0.4, 0.5) is 13.2 Å². The van der Waals surface area contributed by atoms with Gasteiger partial charge in [0, 0.05) is 30.0 Å². The highest BCUT2D eigenvalue weighted by atomic mass is 35.5. The fraction of sp³-hybridized carbons (Fsp3) is 0.273. The van der Waals surface area contributed by atoms with Crippen molar-refractivity contribution in [3.05, 3.63) is 80.5 Å². The van der Waals surface area contributed by atoms with E-state index in [0.717, 1.165) is 11.6 Å². The van der Waals surface area contributed by atoms with Crippen molar-refractivity contribution in [3.63, 3.8) is 0 Å². The summed E-state index contributed by atoms with van der Waals surface area (Å²) in [5.74, 6) is -1.84. The molecule has 1 aliphatic heterocycles. The van der Waals surface area contributed by atoms with Gasteiger partial charge in [-0.25, -0.2) is 0 Å². The zero-order valence-corrected chi connectivity index (χ0v) is 17.0. The summed E-state index contributed by atoms with van der Waals surface area (Å²) >= 11 is 12.0. The lowest BCUT2D eigenvalue weighted by Crippen LogP contribution is -2.38. The number of alkyl halides is 3. The van der Waals surface area contributed by atoms with Gasteiger partial charge in [-0.3, -0.25) is 9.59 Å². The molecule has 0 saturated carbocycles. The number of Topliss-reactive ketones (excluding diaryl/α,β-unsaturated/α-hetero) is 1. The number of benzene rings is 2. The molecule has 1 heterocycles. The highest BCUT2D eigenvalue weighted by Crippen LogP contribution is 2.46. The minimum absolute atomic E-state index is 0.0475. The Hall–Kier alpha value is -2.31. The summed E-state index contributed by atoms with van der Waals surface area (Å²) in [7, 11) is 0. The first-order valence-electron chi connectivity index (χ1n) is 9.32. The molecule has 156 valence electrons. The van der Waals surface area contributed by atoms with E-state index >= 15 is 0 Å². The maximum atomic E-state index is 13.6. The average molecular weight is 454 g/mol. The summed E-state index contributed by atoms with van der Waals surface area (Å²) in [6.07, 6.45) is -4.33. The molecule has 0 radical (unpaired) electrons. The molecule has 2 aromatic rings. The maximum Gasteiger partial charge on any atom is 0.416 e. The van der Waals surface area contributed by atoms with E-state index in [4.69, 9.17) is 23.2 Å². The van der Waals surface area contributed by atoms with Gasteiger partial charge in [0.2, 0.25) is 5.91 Å². The molecule has 1 aliphatic carbocycles. The van der Waals surface area contributed by atoms with E-state index in [0.29, 0.717) is 22.2 Å². The first-order valence-corrected chi connectivity index (χ1v) is 10.1. The number of carbonyl (C=O) groups is 2. The van der Waals surface area contributed by atoms with Gasteiger partial charge in [-0.15, -0.1) is 0 Å². The van der Waals surface area contributed by atoms with Crippen LogP contribution in [-0.4, -0.2) is 11.7 Å². The molecule has 0 spiro atoms. The van der Waals surface area contributed by atoms with Gasteiger partial charge in [0.1, 0.15) is 0 Å². The second-order valence-electron chi connectivity index (χ2n) is 7.48. The molecule has 1 amide bonds. The Kier molecular flexibility index (Phi) is 5.41. The number of halogens is 5. The second kappa shape index (κ2) is 7.75. The van der Waals surface area contributed by atoms with Crippen molar-refractivity contribution < 1.29 is 22.8 Å². The Morgan fingerprint density at radius 2 is 1.67 bits per heavy atom. The molecule has 2 atom stereocenters. The third-order valence-electron chi connectivity index (χ3n) is 5.59. The van der Waals surface area contributed by atoms with Crippen molar-refractivity contribution in [1.82, 2.24) is 5.32 Å². The molecule has 2 unspecified atom stereocenters. The van der Waals surface area contributed by atoms with E-state index in [2.05, 4.69) is 5.32 Å². The summed E-state index contributed by atoms with van der Waals surface area (Å²) < 4.78 is 40.7. The Labute approximate surface area is 180 Å². The van der Waals surface area contributed by atoms with Gasteiger partial charge in [0.15, 0.2) is 5.78 Å². The lowest BCUT2D eigenvalue weighted by Gasteiger charge is -2.35. The van der Waals surface area contributed by atoms with Crippen molar-refractivity contribution in [2.45, 2.75) is 37.3 Å². The normalized spacial score (nSPS) is 22.0. The Bertz CT molecular complexity index is 1080. The first-order chi connectivity index (χ1) is 14.1. The summed E-state index contributed by atoms with van der Waals surface area (Å²) in [6.45, 7) is 0. The molecule has 0 bridgehead atoms. The molecule has 30 heavy (non-hydrogen) atoms. The van der Waals surface area contributed by atoms with E-state index in [1.165, 1.54) is 18.2 Å². The molecule has 1 N–H and O–H groups in total. The van der Waals surface area contributed by atoms with Crippen LogP contribution in [0.2, 0.25) is 10.0 Å². The highest BCUT2D eigenvalue weighted by Gasteiger charge is 2.42. The Balaban J connectivity index is 1.76. The topological polar surface area (TPSA) is 46.2 Å². The summed E-state index contributed by atoms with van der Waals surface area (Å²) in [5.41, 5.74) is 0.573. The number of rotatable bonds is 2. The molecule has 3 nitrogen and oxygen atoms in total. The van der Waals surface area contributed by atoms with Gasteiger partial charge >= 0.3 is 6.18 Å². The molecule has 8 heteroatoms. The third-order valence-corrected chi connectivity index (χ3v) is 6.33. The van der Waals surface area contributed by atoms with Crippen LogP contribution < -0.4 is 5.32 Å². The van der Waals surface area contributed by atoms with Crippen LogP contribution in [0, 0.1) is 0 Å². The highest BCUT2D eigenvalue weighted by molar-refractivity contribution is 6.42. The molecular weight excluding hydrogens is 438 g/mol. The van der Waals surface area contributed by atoms with E-state index < -0.39 is 23.6 Å². The molecular formula is C22H16Cl2F3NO2. The fourth-order valence-electron chi connectivity index (χ4n) is 4.29. The van der Waals surface area contributed by atoms with Crippen molar-refractivity contribution in [2.24, 2.45) is 0 Å². The summed E-state index contributed by atoms with van der Waals surface area (Å²) in [6, 6.07) is 10.2. The van der Waals surface area contributed by atoms with Crippen molar-refractivity contribution in [2.75, 3.05) is 0 Å². The largest absolute Gasteiger partial charge is 0.416 e. The van der Waals surface area contributed by atoms with Crippen LogP contribution in [-0.2, 0) is 15.8 Å². The van der Waals surface area contributed by atoms with Gasteiger partial charge in [0.05, 0.1) is 15.6 Å². The second-order valence-corrected chi connectivity index (χ2v) is 8.30. The Morgan fingerprint density at radius 1 is 0.933 bits per heavy atom. The molecule has 2 aromatic carbocycles. The van der Waals surface area contributed by atoms with E-state index in [9.17, 15) is 22.8 Å².